The Balaban J connectivity index is 2.25. The lowest BCUT2D eigenvalue weighted by atomic mass is 10.3. The fourth-order valence-corrected chi connectivity index (χ4v) is 2.80. The average molecular weight is 394 g/mol. The molecule has 27 heavy (non-hydrogen) atoms. The highest BCUT2D eigenvalue weighted by atomic mass is 35.5. The third-order valence-corrected chi connectivity index (χ3v) is 4.36. The van der Waals surface area contributed by atoms with E-state index in [9.17, 15) is 14.4 Å². The number of aromatic nitrogens is 2. The first kappa shape index (κ1) is 20.6. The Hall–Kier alpha value is -2.74. The van der Waals surface area contributed by atoms with Gasteiger partial charge in [0.15, 0.2) is 0 Å². The van der Waals surface area contributed by atoms with Crippen LogP contribution >= 0.6 is 11.6 Å². The van der Waals surface area contributed by atoms with Crippen LogP contribution in [-0.4, -0.2) is 28.5 Å². The molecule has 8 nitrogen and oxygen atoms in total. The number of nitrogens with one attached hydrogen (secondary N) is 2. The number of carbonyl (C=O) groups is 1. The number of unbranched alkanes of at least 4 members (excludes halogenated alkanes) is 1. The van der Waals surface area contributed by atoms with Crippen LogP contribution in [0.15, 0.2) is 33.9 Å². The summed E-state index contributed by atoms with van der Waals surface area (Å²) in [6, 6.07) is 6.70. The number of hydrogen-bond acceptors (Lipinski definition) is 5. The van der Waals surface area contributed by atoms with E-state index in [-0.39, 0.29) is 24.0 Å². The second-order valence-electron chi connectivity index (χ2n) is 6.07. The molecule has 146 valence electrons. The molecule has 0 atom stereocenters. The molecule has 0 unspecified atom stereocenters. The fourth-order valence-electron chi connectivity index (χ4n) is 2.68. The van der Waals surface area contributed by atoms with Gasteiger partial charge in [-0.15, -0.1) is 0 Å². The first-order chi connectivity index (χ1) is 12.9. The van der Waals surface area contributed by atoms with Gasteiger partial charge >= 0.3 is 5.69 Å². The average Bonchev–Trinajstić information content (AvgIpc) is 2.62. The van der Waals surface area contributed by atoms with Gasteiger partial charge in [-0.25, -0.2) is 4.79 Å². The highest BCUT2D eigenvalue weighted by molar-refractivity contribution is 6.30. The number of rotatable bonds is 8. The molecule has 1 aromatic carbocycles. The number of amides is 1. The van der Waals surface area contributed by atoms with Gasteiger partial charge < -0.3 is 16.0 Å². The maximum atomic E-state index is 12.4. The smallest absolute Gasteiger partial charge is 0.330 e. The molecule has 9 heteroatoms. The minimum Gasteiger partial charge on any atom is -0.383 e. The lowest BCUT2D eigenvalue weighted by Gasteiger charge is -2.24. The van der Waals surface area contributed by atoms with Crippen molar-refractivity contribution in [3.63, 3.8) is 0 Å². The molecule has 0 fully saturated rings. The van der Waals surface area contributed by atoms with Gasteiger partial charge in [-0.05, 0) is 37.6 Å². The van der Waals surface area contributed by atoms with Gasteiger partial charge in [0.2, 0.25) is 5.91 Å². The Morgan fingerprint density at radius 3 is 2.52 bits per heavy atom. The molecule has 0 saturated carbocycles. The summed E-state index contributed by atoms with van der Waals surface area (Å²) in [6.07, 6.45) is 1.63. The Bertz CT molecular complexity index is 905. The maximum Gasteiger partial charge on any atom is 0.330 e. The fraction of sp³-hybridized carbons (Fsp3) is 0.389. The number of aromatic amines is 1. The van der Waals surface area contributed by atoms with Gasteiger partial charge in [-0.1, -0.05) is 24.9 Å². The molecule has 0 aliphatic heterocycles. The predicted molar refractivity (Wildman–Crippen MR) is 109 cm³/mol. The van der Waals surface area contributed by atoms with Crippen molar-refractivity contribution in [2.75, 3.05) is 29.0 Å². The number of halogens is 1. The predicted octanol–water partition coefficient (Wildman–Crippen LogP) is 2.04. The van der Waals surface area contributed by atoms with Crippen molar-refractivity contribution in [2.24, 2.45) is 0 Å². The number of nitrogens with two attached hydrogens (primary N) is 1. The van der Waals surface area contributed by atoms with Crippen LogP contribution in [0.2, 0.25) is 5.02 Å². The number of nitrogens with zero attached hydrogens (tertiary/aromatic N) is 2. The van der Waals surface area contributed by atoms with Crippen molar-refractivity contribution in [1.82, 2.24) is 9.55 Å². The van der Waals surface area contributed by atoms with Crippen molar-refractivity contribution in [2.45, 2.75) is 33.2 Å². The standard InChI is InChI=1S/C18H24ClN5O3/c1-3-5-10-24-16(20)15(17(26)22-18(24)27)23(4-2)11-14(25)21-13-8-6-12(19)7-9-13/h6-9H,3-5,10-11,20H2,1-2H3,(H,21,25)(H,22,26,27). The SMILES string of the molecule is CCCCn1c(N)c(N(CC)CC(=O)Nc2ccc(Cl)cc2)c(=O)[nH]c1=O. The lowest BCUT2D eigenvalue weighted by molar-refractivity contribution is -0.115. The topological polar surface area (TPSA) is 113 Å². The monoisotopic (exact) mass is 393 g/mol. The maximum absolute atomic E-state index is 12.4. The molecule has 2 rings (SSSR count). The lowest BCUT2D eigenvalue weighted by Crippen LogP contribution is -2.41. The zero-order valence-corrected chi connectivity index (χ0v) is 16.2. The third-order valence-electron chi connectivity index (χ3n) is 4.11. The van der Waals surface area contributed by atoms with E-state index in [1.807, 2.05) is 6.92 Å². The number of likely N-dealkylation sites (N-methyl/N-ethyl adjacent to an activating group) is 1. The molecule has 1 heterocycles. The van der Waals surface area contributed by atoms with Crippen LogP contribution in [0.5, 0.6) is 0 Å². The quantitative estimate of drug-likeness (QED) is 0.635. The van der Waals surface area contributed by atoms with Crippen LogP contribution in [0.3, 0.4) is 0 Å². The summed E-state index contributed by atoms with van der Waals surface area (Å²) in [6.45, 7) is 4.48. The molecular formula is C18H24ClN5O3. The molecule has 2 aromatic rings. The summed E-state index contributed by atoms with van der Waals surface area (Å²) in [7, 11) is 0. The summed E-state index contributed by atoms with van der Waals surface area (Å²) >= 11 is 5.83. The highest BCUT2D eigenvalue weighted by Gasteiger charge is 2.20. The van der Waals surface area contributed by atoms with E-state index in [1.165, 1.54) is 4.57 Å². The first-order valence-electron chi connectivity index (χ1n) is 8.80. The van der Waals surface area contributed by atoms with E-state index in [1.54, 1.807) is 36.1 Å². The van der Waals surface area contributed by atoms with Crippen LogP contribution in [0, 0.1) is 0 Å². The Kier molecular flexibility index (Phi) is 7.06. The van der Waals surface area contributed by atoms with Crippen LogP contribution in [0.25, 0.3) is 0 Å². The number of carbonyl (C=O) groups excluding carboxylic acids is 1. The molecule has 0 spiro atoms. The van der Waals surface area contributed by atoms with Gasteiger partial charge in [0.25, 0.3) is 5.56 Å². The normalized spacial score (nSPS) is 10.6. The molecule has 0 radical (unpaired) electrons. The third kappa shape index (κ3) is 5.13. The molecule has 1 amide bonds. The summed E-state index contributed by atoms with van der Waals surface area (Å²) in [5.74, 6) is -0.248. The number of nitrogen functional groups attached to an aromatic ring is 1. The van der Waals surface area contributed by atoms with Gasteiger partial charge in [0.05, 0.1) is 6.54 Å². The molecule has 0 aliphatic carbocycles. The van der Waals surface area contributed by atoms with E-state index in [2.05, 4.69) is 10.3 Å². The van der Waals surface area contributed by atoms with Crippen LogP contribution in [-0.2, 0) is 11.3 Å². The molecular weight excluding hydrogens is 370 g/mol. The van der Waals surface area contributed by atoms with E-state index in [0.717, 1.165) is 12.8 Å². The molecule has 0 aliphatic rings. The van der Waals surface area contributed by atoms with Crippen molar-refractivity contribution in [3.05, 3.63) is 50.1 Å². The van der Waals surface area contributed by atoms with E-state index < -0.39 is 11.2 Å². The van der Waals surface area contributed by atoms with Crippen molar-refractivity contribution in [3.8, 4) is 0 Å². The summed E-state index contributed by atoms with van der Waals surface area (Å²) in [5.41, 5.74) is 5.67. The van der Waals surface area contributed by atoms with E-state index >= 15 is 0 Å². The Morgan fingerprint density at radius 2 is 1.93 bits per heavy atom. The van der Waals surface area contributed by atoms with Crippen molar-refractivity contribution < 1.29 is 4.79 Å². The molecule has 4 N–H and O–H groups in total. The number of H-pyrrole nitrogens is 1. The zero-order valence-electron chi connectivity index (χ0n) is 15.4. The van der Waals surface area contributed by atoms with Gasteiger partial charge in [-0.3, -0.25) is 19.1 Å². The van der Waals surface area contributed by atoms with E-state index in [4.69, 9.17) is 17.3 Å². The molecule has 1 aromatic heterocycles. The van der Waals surface area contributed by atoms with Gasteiger partial charge in [-0.2, -0.15) is 0 Å². The molecule has 0 bridgehead atoms. The summed E-state index contributed by atoms with van der Waals surface area (Å²) in [4.78, 5) is 40.6. The number of hydrogen-bond donors (Lipinski definition) is 3. The minimum absolute atomic E-state index is 0.0679. The van der Waals surface area contributed by atoms with Gasteiger partial charge in [0, 0.05) is 23.8 Å². The first-order valence-corrected chi connectivity index (χ1v) is 9.18. The van der Waals surface area contributed by atoms with Crippen LogP contribution in [0.1, 0.15) is 26.7 Å². The summed E-state index contributed by atoms with van der Waals surface area (Å²) in [5, 5.41) is 3.31. The van der Waals surface area contributed by atoms with E-state index in [0.29, 0.717) is 23.8 Å². The zero-order chi connectivity index (χ0) is 20.0. The van der Waals surface area contributed by atoms with Crippen LogP contribution in [0.4, 0.5) is 17.2 Å². The second kappa shape index (κ2) is 9.27. The minimum atomic E-state index is -0.605. The number of benzene rings is 1. The number of anilines is 3. The molecule has 0 saturated heterocycles. The Labute approximate surface area is 161 Å². The van der Waals surface area contributed by atoms with Crippen molar-refractivity contribution >= 4 is 34.7 Å². The largest absolute Gasteiger partial charge is 0.383 e. The Morgan fingerprint density at radius 1 is 1.26 bits per heavy atom. The van der Waals surface area contributed by atoms with Crippen LogP contribution < -0.4 is 27.2 Å². The van der Waals surface area contributed by atoms with Gasteiger partial charge in [0.1, 0.15) is 11.5 Å². The highest BCUT2D eigenvalue weighted by Crippen LogP contribution is 2.17. The second-order valence-corrected chi connectivity index (χ2v) is 6.50. The summed E-state index contributed by atoms with van der Waals surface area (Å²) < 4.78 is 1.33. The van der Waals surface area contributed by atoms with Crippen molar-refractivity contribution in [1.29, 1.82) is 0 Å².